The molecular weight excluding hydrogens is 228 g/mol. The van der Waals surface area contributed by atoms with Crippen LogP contribution in [-0.4, -0.2) is 18.6 Å². The second-order valence-corrected chi connectivity index (χ2v) is 4.19. The molecule has 0 atom stereocenters. The molecule has 3 N–H and O–H groups in total. The maximum absolute atomic E-state index is 11.3. The Bertz CT molecular complexity index is 439. The van der Waals surface area contributed by atoms with Crippen molar-refractivity contribution in [1.29, 1.82) is 0 Å². The van der Waals surface area contributed by atoms with Crippen LogP contribution < -0.4 is 15.8 Å². The van der Waals surface area contributed by atoms with Crippen LogP contribution in [0.2, 0.25) is 0 Å². The molecule has 1 rings (SSSR count). The number of benzene rings is 1. The van der Waals surface area contributed by atoms with Crippen molar-refractivity contribution in [3.8, 4) is 5.75 Å². The number of carbonyl (C=O) groups is 1. The van der Waals surface area contributed by atoms with Gasteiger partial charge in [-0.3, -0.25) is 4.79 Å². The van der Waals surface area contributed by atoms with E-state index in [1.807, 2.05) is 32.9 Å². The number of nitrogens with one attached hydrogen (secondary N) is 1. The standard InChI is InChI=1S/C14H20N2O2/c1-4-16-14(17)8-6-11-5-7-13(12(15)9-11)18-10(2)3/h5-10H,4,15H2,1-3H3,(H,16,17)/b8-6-. The van der Waals surface area contributed by atoms with E-state index in [9.17, 15) is 4.79 Å². The molecule has 4 heteroatoms. The van der Waals surface area contributed by atoms with Crippen molar-refractivity contribution in [1.82, 2.24) is 5.32 Å². The fourth-order valence-corrected chi connectivity index (χ4v) is 1.44. The van der Waals surface area contributed by atoms with Crippen LogP contribution in [0.3, 0.4) is 0 Å². The summed E-state index contributed by atoms with van der Waals surface area (Å²) in [4.78, 5) is 11.3. The van der Waals surface area contributed by atoms with Crippen LogP contribution in [0, 0.1) is 0 Å². The van der Waals surface area contributed by atoms with Gasteiger partial charge < -0.3 is 15.8 Å². The number of carbonyl (C=O) groups excluding carboxylic acids is 1. The molecule has 0 aliphatic carbocycles. The molecule has 0 spiro atoms. The van der Waals surface area contributed by atoms with Crippen molar-refractivity contribution in [2.45, 2.75) is 26.9 Å². The number of hydrogen-bond donors (Lipinski definition) is 2. The number of hydrogen-bond acceptors (Lipinski definition) is 3. The van der Waals surface area contributed by atoms with Gasteiger partial charge in [-0.2, -0.15) is 0 Å². The molecule has 18 heavy (non-hydrogen) atoms. The van der Waals surface area contributed by atoms with Crippen LogP contribution in [0.5, 0.6) is 5.75 Å². The fraction of sp³-hybridized carbons (Fsp3) is 0.357. The zero-order valence-electron chi connectivity index (χ0n) is 11.1. The molecule has 0 saturated carbocycles. The average Bonchev–Trinajstić information content (AvgIpc) is 2.29. The zero-order chi connectivity index (χ0) is 13.5. The number of anilines is 1. The molecule has 0 heterocycles. The van der Waals surface area contributed by atoms with Crippen LogP contribution >= 0.6 is 0 Å². The second kappa shape index (κ2) is 6.69. The molecule has 0 aromatic heterocycles. The number of likely N-dealkylation sites (N-methyl/N-ethyl adjacent to an activating group) is 1. The van der Waals surface area contributed by atoms with E-state index in [1.165, 1.54) is 6.08 Å². The lowest BCUT2D eigenvalue weighted by molar-refractivity contribution is -0.116. The van der Waals surface area contributed by atoms with Gasteiger partial charge in [-0.1, -0.05) is 6.07 Å². The number of ether oxygens (including phenoxy) is 1. The summed E-state index contributed by atoms with van der Waals surface area (Å²) in [6, 6.07) is 5.46. The molecule has 0 unspecified atom stereocenters. The highest BCUT2D eigenvalue weighted by molar-refractivity contribution is 5.91. The molecule has 0 fully saturated rings. The van der Waals surface area contributed by atoms with Crippen LogP contribution in [0.4, 0.5) is 5.69 Å². The Morgan fingerprint density at radius 1 is 1.50 bits per heavy atom. The lowest BCUT2D eigenvalue weighted by Gasteiger charge is -2.12. The van der Waals surface area contributed by atoms with Gasteiger partial charge in [-0.15, -0.1) is 0 Å². The van der Waals surface area contributed by atoms with Gasteiger partial charge in [0.1, 0.15) is 5.75 Å². The lowest BCUT2D eigenvalue weighted by atomic mass is 10.1. The first-order valence-corrected chi connectivity index (χ1v) is 6.05. The lowest BCUT2D eigenvalue weighted by Crippen LogP contribution is -2.19. The quantitative estimate of drug-likeness (QED) is 0.620. The number of amides is 1. The van der Waals surface area contributed by atoms with Crippen LogP contribution in [0.25, 0.3) is 6.08 Å². The summed E-state index contributed by atoms with van der Waals surface area (Å²) in [5, 5.41) is 2.69. The van der Waals surface area contributed by atoms with Gasteiger partial charge in [0, 0.05) is 12.6 Å². The Balaban J connectivity index is 2.75. The van der Waals surface area contributed by atoms with E-state index in [-0.39, 0.29) is 12.0 Å². The summed E-state index contributed by atoms with van der Waals surface area (Å²) in [5.41, 5.74) is 7.32. The highest BCUT2D eigenvalue weighted by Gasteiger charge is 2.03. The Kier molecular flexibility index (Phi) is 5.24. The predicted octanol–water partition coefficient (Wildman–Crippen LogP) is 2.21. The first kappa shape index (κ1) is 14.1. The Morgan fingerprint density at radius 2 is 2.22 bits per heavy atom. The van der Waals surface area contributed by atoms with Gasteiger partial charge in [-0.25, -0.2) is 0 Å². The summed E-state index contributed by atoms with van der Waals surface area (Å²) in [6.45, 7) is 6.39. The number of nitrogen functional groups attached to an aromatic ring is 1. The summed E-state index contributed by atoms with van der Waals surface area (Å²) in [6.07, 6.45) is 3.30. The molecule has 4 nitrogen and oxygen atoms in total. The van der Waals surface area contributed by atoms with Crippen molar-refractivity contribution >= 4 is 17.7 Å². The number of rotatable bonds is 5. The fourth-order valence-electron chi connectivity index (χ4n) is 1.44. The highest BCUT2D eigenvalue weighted by atomic mass is 16.5. The summed E-state index contributed by atoms with van der Waals surface area (Å²) in [5.74, 6) is 0.554. The minimum absolute atomic E-state index is 0.0871. The third kappa shape index (κ3) is 4.49. The average molecular weight is 248 g/mol. The van der Waals surface area contributed by atoms with Gasteiger partial charge in [0.25, 0.3) is 0 Å². The molecule has 1 aromatic rings. The largest absolute Gasteiger partial charge is 0.489 e. The first-order valence-electron chi connectivity index (χ1n) is 6.05. The van der Waals surface area contributed by atoms with Gasteiger partial charge in [-0.05, 0) is 44.5 Å². The molecule has 1 aromatic carbocycles. The molecule has 1 amide bonds. The van der Waals surface area contributed by atoms with Gasteiger partial charge >= 0.3 is 0 Å². The van der Waals surface area contributed by atoms with Gasteiger partial charge in [0.05, 0.1) is 11.8 Å². The van der Waals surface area contributed by atoms with Crippen LogP contribution in [-0.2, 0) is 4.79 Å². The van der Waals surface area contributed by atoms with E-state index in [0.717, 1.165) is 5.56 Å². The first-order chi connectivity index (χ1) is 8.52. The molecule has 0 radical (unpaired) electrons. The van der Waals surface area contributed by atoms with Crippen LogP contribution in [0.15, 0.2) is 24.3 Å². The second-order valence-electron chi connectivity index (χ2n) is 4.19. The summed E-state index contributed by atoms with van der Waals surface area (Å²) < 4.78 is 5.54. The molecule has 0 bridgehead atoms. The monoisotopic (exact) mass is 248 g/mol. The van der Waals surface area contributed by atoms with Gasteiger partial charge in [0.15, 0.2) is 0 Å². The molecule has 0 aliphatic rings. The van der Waals surface area contributed by atoms with Gasteiger partial charge in [0.2, 0.25) is 5.91 Å². The summed E-state index contributed by atoms with van der Waals surface area (Å²) >= 11 is 0. The highest BCUT2D eigenvalue weighted by Crippen LogP contribution is 2.24. The predicted molar refractivity (Wildman–Crippen MR) is 74.3 cm³/mol. The molecule has 0 saturated heterocycles. The minimum Gasteiger partial charge on any atom is -0.489 e. The van der Waals surface area contributed by atoms with E-state index in [2.05, 4.69) is 5.32 Å². The zero-order valence-corrected chi connectivity index (χ0v) is 11.1. The molecule has 0 aliphatic heterocycles. The van der Waals surface area contributed by atoms with Crippen molar-refractivity contribution in [2.75, 3.05) is 12.3 Å². The Morgan fingerprint density at radius 3 is 2.78 bits per heavy atom. The van der Waals surface area contributed by atoms with Crippen molar-refractivity contribution < 1.29 is 9.53 Å². The SMILES string of the molecule is CCNC(=O)/C=C\c1ccc(OC(C)C)c(N)c1. The Labute approximate surface area is 108 Å². The third-order valence-electron chi connectivity index (χ3n) is 2.17. The topological polar surface area (TPSA) is 64.3 Å². The van der Waals surface area contributed by atoms with Crippen molar-refractivity contribution in [3.63, 3.8) is 0 Å². The summed E-state index contributed by atoms with van der Waals surface area (Å²) in [7, 11) is 0. The normalized spacial score (nSPS) is 10.9. The van der Waals surface area contributed by atoms with Crippen LogP contribution in [0.1, 0.15) is 26.3 Å². The maximum atomic E-state index is 11.3. The van der Waals surface area contributed by atoms with E-state index in [1.54, 1.807) is 12.1 Å². The van der Waals surface area contributed by atoms with E-state index < -0.39 is 0 Å². The van der Waals surface area contributed by atoms with Crippen molar-refractivity contribution in [3.05, 3.63) is 29.8 Å². The minimum atomic E-state index is -0.112. The van der Waals surface area contributed by atoms with E-state index >= 15 is 0 Å². The molecular formula is C14H20N2O2. The van der Waals surface area contributed by atoms with E-state index in [0.29, 0.717) is 18.0 Å². The maximum Gasteiger partial charge on any atom is 0.243 e. The van der Waals surface area contributed by atoms with Crippen molar-refractivity contribution in [2.24, 2.45) is 0 Å². The molecule has 98 valence electrons. The number of nitrogens with two attached hydrogens (primary N) is 1. The third-order valence-corrected chi connectivity index (χ3v) is 2.17. The van der Waals surface area contributed by atoms with E-state index in [4.69, 9.17) is 10.5 Å². The Hall–Kier alpha value is -1.97. The smallest absolute Gasteiger partial charge is 0.243 e.